The third kappa shape index (κ3) is 5.55. The predicted molar refractivity (Wildman–Crippen MR) is 130 cm³/mol. The summed E-state index contributed by atoms with van der Waals surface area (Å²) in [6, 6.07) is 18.8. The van der Waals surface area contributed by atoms with Crippen molar-refractivity contribution in [3.63, 3.8) is 0 Å². The van der Waals surface area contributed by atoms with E-state index in [-0.39, 0.29) is 0 Å². The van der Waals surface area contributed by atoms with E-state index in [4.69, 9.17) is 4.99 Å². The van der Waals surface area contributed by atoms with E-state index < -0.39 is 0 Å². The average molecular weight is 430 g/mol. The standard InChI is InChI=1S/C25H31N7/c1-3-26-25(27-13-7-16-32-20(2)30-23-11-4-5-12-24(23)32)28-18-21-9-6-10-22(17-21)19-31-15-8-14-29-31/h4-6,8-12,14-15,17H,3,7,13,16,18-19H2,1-2H3,(H2,26,27,28). The Labute approximate surface area is 189 Å². The lowest BCUT2D eigenvalue weighted by Gasteiger charge is -2.12. The van der Waals surface area contributed by atoms with Crippen molar-refractivity contribution in [2.24, 2.45) is 4.99 Å². The SMILES string of the molecule is CCNC(=NCc1cccc(Cn2cccn2)c1)NCCCn1c(C)nc2ccccc21. The first-order chi connectivity index (χ1) is 15.7. The van der Waals surface area contributed by atoms with Crippen LogP contribution in [0, 0.1) is 6.92 Å². The van der Waals surface area contributed by atoms with Gasteiger partial charge >= 0.3 is 0 Å². The molecule has 0 spiro atoms. The molecular formula is C25H31N7. The van der Waals surface area contributed by atoms with Crippen molar-refractivity contribution in [1.29, 1.82) is 0 Å². The molecule has 2 aromatic heterocycles. The van der Waals surface area contributed by atoms with Crippen molar-refractivity contribution in [3.05, 3.63) is 83.9 Å². The van der Waals surface area contributed by atoms with E-state index in [9.17, 15) is 0 Å². The van der Waals surface area contributed by atoms with E-state index in [1.165, 1.54) is 16.6 Å². The number of nitrogens with zero attached hydrogens (tertiary/aromatic N) is 5. The van der Waals surface area contributed by atoms with Crippen molar-refractivity contribution < 1.29 is 0 Å². The number of hydrogen-bond acceptors (Lipinski definition) is 3. The Bertz CT molecular complexity index is 1160. The molecule has 7 heteroatoms. The lowest BCUT2D eigenvalue weighted by atomic mass is 10.1. The molecule has 0 aliphatic rings. The minimum Gasteiger partial charge on any atom is -0.357 e. The molecule has 0 aliphatic heterocycles. The number of guanidine groups is 1. The summed E-state index contributed by atoms with van der Waals surface area (Å²) in [5, 5.41) is 11.1. The number of aryl methyl sites for hydroxylation is 2. The highest BCUT2D eigenvalue weighted by Gasteiger charge is 2.06. The van der Waals surface area contributed by atoms with Crippen molar-refractivity contribution in [2.75, 3.05) is 13.1 Å². The number of hydrogen-bond donors (Lipinski definition) is 2. The first kappa shape index (κ1) is 21.6. The number of nitrogens with one attached hydrogen (secondary N) is 2. The number of benzene rings is 2. The molecule has 0 saturated heterocycles. The third-order valence-electron chi connectivity index (χ3n) is 5.36. The van der Waals surface area contributed by atoms with E-state index in [0.29, 0.717) is 6.54 Å². The van der Waals surface area contributed by atoms with Crippen LogP contribution >= 0.6 is 0 Å². The highest BCUT2D eigenvalue weighted by atomic mass is 15.3. The number of aromatic nitrogens is 4. The van der Waals surface area contributed by atoms with Crippen molar-refractivity contribution in [2.45, 2.75) is 39.9 Å². The normalized spacial score (nSPS) is 11.8. The van der Waals surface area contributed by atoms with Crippen LogP contribution in [0.25, 0.3) is 11.0 Å². The molecule has 0 saturated carbocycles. The lowest BCUT2D eigenvalue weighted by Crippen LogP contribution is -2.38. The molecule has 0 bridgehead atoms. The van der Waals surface area contributed by atoms with Crippen molar-refractivity contribution >= 4 is 17.0 Å². The summed E-state index contributed by atoms with van der Waals surface area (Å²) in [6.45, 7) is 8.16. The number of aliphatic imine (C=N–C) groups is 1. The van der Waals surface area contributed by atoms with Gasteiger partial charge in [-0.25, -0.2) is 9.98 Å². The molecule has 166 valence electrons. The summed E-state index contributed by atoms with van der Waals surface area (Å²) in [6.07, 6.45) is 4.77. The van der Waals surface area contributed by atoms with Crippen LogP contribution in [0.3, 0.4) is 0 Å². The maximum absolute atomic E-state index is 4.78. The topological polar surface area (TPSA) is 72.1 Å². The Morgan fingerprint density at radius 2 is 1.91 bits per heavy atom. The van der Waals surface area contributed by atoms with Crippen LogP contribution in [-0.2, 0) is 19.6 Å². The molecule has 2 aromatic carbocycles. The fourth-order valence-corrected chi connectivity index (χ4v) is 3.84. The van der Waals surface area contributed by atoms with Gasteiger partial charge in [0.25, 0.3) is 0 Å². The Hall–Kier alpha value is -3.61. The van der Waals surface area contributed by atoms with Crippen molar-refractivity contribution in [3.8, 4) is 0 Å². The highest BCUT2D eigenvalue weighted by molar-refractivity contribution is 5.79. The van der Waals surface area contributed by atoms with Crippen LogP contribution in [0.1, 0.15) is 30.3 Å². The molecule has 4 aromatic rings. The second-order valence-electron chi connectivity index (χ2n) is 7.80. The van der Waals surface area contributed by atoms with E-state index in [2.05, 4.69) is 81.6 Å². The molecule has 2 N–H and O–H groups in total. The molecule has 0 fully saturated rings. The predicted octanol–water partition coefficient (Wildman–Crippen LogP) is 3.73. The Balaban J connectivity index is 1.32. The summed E-state index contributed by atoms with van der Waals surface area (Å²) < 4.78 is 4.21. The van der Waals surface area contributed by atoms with Gasteiger partial charge in [-0.3, -0.25) is 4.68 Å². The van der Waals surface area contributed by atoms with Gasteiger partial charge in [0.15, 0.2) is 5.96 Å². The molecule has 32 heavy (non-hydrogen) atoms. The molecule has 0 aliphatic carbocycles. The fraction of sp³-hybridized carbons (Fsp3) is 0.320. The summed E-state index contributed by atoms with van der Waals surface area (Å²) in [5.74, 6) is 1.90. The van der Waals surface area contributed by atoms with Gasteiger partial charge in [-0.2, -0.15) is 5.10 Å². The smallest absolute Gasteiger partial charge is 0.191 e. The Morgan fingerprint density at radius 1 is 1.03 bits per heavy atom. The molecule has 4 rings (SSSR count). The third-order valence-corrected chi connectivity index (χ3v) is 5.36. The van der Waals surface area contributed by atoms with Crippen LogP contribution in [0.5, 0.6) is 0 Å². The zero-order valence-corrected chi connectivity index (χ0v) is 18.8. The zero-order valence-electron chi connectivity index (χ0n) is 18.8. The lowest BCUT2D eigenvalue weighted by molar-refractivity contribution is 0.624. The van der Waals surface area contributed by atoms with Crippen LogP contribution in [0.2, 0.25) is 0 Å². The molecular weight excluding hydrogens is 398 g/mol. The summed E-state index contributed by atoms with van der Waals surface area (Å²) >= 11 is 0. The van der Waals surface area contributed by atoms with Crippen LogP contribution in [0.4, 0.5) is 0 Å². The molecule has 7 nitrogen and oxygen atoms in total. The van der Waals surface area contributed by atoms with Gasteiger partial charge < -0.3 is 15.2 Å². The van der Waals surface area contributed by atoms with Gasteiger partial charge in [0, 0.05) is 32.0 Å². The fourth-order valence-electron chi connectivity index (χ4n) is 3.84. The first-order valence-corrected chi connectivity index (χ1v) is 11.2. The number of fused-ring (bicyclic) bond motifs is 1. The molecule has 0 atom stereocenters. The number of para-hydroxylation sites is 2. The van der Waals surface area contributed by atoms with E-state index in [1.54, 1.807) is 6.20 Å². The van der Waals surface area contributed by atoms with Gasteiger partial charge in [0.1, 0.15) is 5.82 Å². The Morgan fingerprint density at radius 3 is 2.75 bits per heavy atom. The largest absolute Gasteiger partial charge is 0.357 e. The van der Waals surface area contributed by atoms with Gasteiger partial charge in [0.2, 0.25) is 0 Å². The van der Waals surface area contributed by atoms with Gasteiger partial charge in [-0.15, -0.1) is 0 Å². The van der Waals surface area contributed by atoms with E-state index in [1.807, 2.05) is 23.0 Å². The van der Waals surface area contributed by atoms with E-state index in [0.717, 1.165) is 49.9 Å². The minimum atomic E-state index is 0.632. The first-order valence-electron chi connectivity index (χ1n) is 11.2. The maximum Gasteiger partial charge on any atom is 0.191 e. The summed E-state index contributed by atoms with van der Waals surface area (Å²) in [4.78, 5) is 9.43. The van der Waals surface area contributed by atoms with Crippen LogP contribution in [-0.4, -0.2) is 38.4 Å². The van der Waals surface area contributed by atoms with Crippen LogP contribution < -0.4 is 10.6 Å². The quantitative estimate of drug-likeness (QED) is 0.242. The second-order valence-corrected chi connectivity index (χ2v) is 7.80. The minimum absolute atomic E-state index is 0.632. The second kappa shape index (κ2) is 10.6. The maximum atomic E-state index is 4.78. The van der Waals surface area contributed by atoms with Crippen LogP contribution in [0.15, 0.2) is 72.0 Å². The monoisotopic (exact) mass is 429 g/mol. The molecule has 0 amide bonds. The number of imidazole rings is 1. The summed E-state index contributed by atoms with van der Waals surface area (Å²) in [5.41, 5.74) is 4.66. The Kier molecular flexibility index (Phi) is 7.17. The molecule has 0 unspecified atom stereocenters. The van der Waals surface area contributed by atoms with Gasteiger partial charge in [-0.05, 0) is 49.6 Å². The average Bonchev–Trinajstić information content (AvgIpc) is 3.42. The van der Waals surface area contributed by atoms with E-state index >= 15 is 0 Å². The summed E-state index contributed by atoms with van der Waals surface area (Å²) in [7, 11) is 0. The highest BCUT2D eigenvalue weighted by Crippen LogP contribution is 2.15. The van der Waals surface area contributed by atoms with Gasteiger partial charge in [0.05, 0.1) is 24.1 Å². The molecule has 0 radical (unpaired) electrons. The van der Waals surface area contributed by atoms with Gasteiger partial charge in [-0.1, -0.05) is 36.4 Å². The number of rotatable bonds is 9. The molecule has 2 heterocycles. The zero-order chi connectivity index (χ0) is 22.2. The van der Waals surface area contributed by atoms with Crippen molar-refractivity contribution in [1.82, 2.24) is 30.0 Å².